The molecule has 104 valence electrons. The number of aliphatic hydroxyl groups excluding tert-OH is 1. The predicted molar refractivity (Wildman–Crippen MR) is 70.6 cm³/mol. The molecule has 1 N–H and O–H groups in total. The molecular weight excluding hydrogens is 228 g/mol. The van der Waals surface area contributed by atoms with Crippen molar-refractivity contribution >= 4 is 0 Å². The summed E-state index contributed by atoms with van der Waals surface area (Å²) in [5.74, 6) is 0. The van der Waals surface area contributed by atoms with Crippen LogP contribution in [0, 0.1) is 5.41 Å². The average Bonchev–Trinajstić information content (AvgIpc) is 3.25. The molecule has 4 nitrogen and oxygen atoms in total. The molecule has 3 aliphatic rings. The third kappa shape index (κ3) is 2.87. The lowest BCUT2D eigenvalue weighted by molar-refractivity contribution is -0.0605. The quantitative estimate of drug-likeness (QED) is 0.795. The van der Waals surface area contributed by atoms with Gasteiger partial charge in [0.2, 0.25) is 0 Å². The van der Waals surface area contributed by atoms with E-state index in [1.54, 1.807) is 0 Å². The summed E-state index contributed by atoms with van der Waals surface area (Å²) in [5.41, 5.74) is 0.0139. The Morgan fingerprint density at radius 2 is 1.94 bits per heavy atom. The van der Waals surface area contributed by atoms with Gasteiger partial charge in [-0.25, -0.2) is 0 Å². The monoisotopic (exact) mass is 254 g/mol. The molecule has 1 aliphatic carbocycles. The van der Waals surface area contributed by atoms with Crippen molar-refractivity contribution < 1.29 is 9.84 Å². The van der Waals surface area contributed by atoms with Crippen LogP contribution in [0.1, 0.15) is 25.7 Å². The second kappa shape index (κ2) is 5.45. The van der Waals surface area contributed by atoms with Crippen LogP contribution >= 0.6 is 0 Å². The van der Waals surface area contributed by atoms with E-state index in [-0.39, 0.29) is 12.0 Å². The first kappa shape index (κ1) is 12.9. The summed E-state index contributed by atoms with van der Waals surface area (Å²) < 4.78 is 5.59. The summed E-state index contributed by atoms with van der Waals surface area (Å²) >= 11 is 0. The molecule has 2 aliphatic heterocycles. The second-order valence-corrected chi connectivity index (χ2v) is 6.36. The molecular formula is C14H26N2O2. The number of hydrogen-bond donors (Lipinski definition) is 1. The molecule has 0 amide bonds. The maximum atomic E-state index is 9.71. The largest absolute Gasteiger partial charge is 0.396 e. The van der Waals surface area contributed by atoms with Crippen LogP contribution in [0.2, 0.25) is 0 Å². The van der Waals surface area contributed by atoms with E-state index in [4.69, 9.17) is 4.74 Å². The van der Waals surface area contributed by atoms with Crippen molar-refractivity contribution in [3.63, 3.8) is 0 Å². The number of rotatable bonds is 4. The minimum absolute atomic E-state index is 0.0139. The van der Waals surface area contributed by atoms with Crippen LogP contribution in [0.3, 0.4) is 0 Å². The van der Waals surface area contributed by atoms with Gasteiger partial charge in [-0.3, -0.25) is 4.90 Å². The maximum Gasteiger partial charge on any atom is 0.0556 e. The Morgan fingerprint density at radius 1 is 1.17 bits per heavy atom. The number of nitrogens with zero attached hydrogens (tertiary/aromatic N) is 2. The first-order valence-corrected chi connectivity index (χ1v) is 7.46. The number of aliphatic hydroxyl groups is 1. The fraction of sp³-hybridized carbons (Fsp3) is 1.00. The molecule has 1 saturated carbocycles. The van der Waals surface area contributed by atoms with Crippen LogP contribution in [0.15, 0.2) is 0 Å². The SMILES string of the molecule is OCC1(CN2CCN(C3CC3)CC2)CCCOC1. The van der Waals surface area contributed by atoms with E-state index in [1.807, 2.05) is 0 Å². The molecule has 18 heavy (non-hydrogen) atoms. The number of hydrogen-bond acceptors (Lipinski definition) is 4. The van der Waals surface area contributed by atoms with Crippen molar-refractivity contribution in [2.24, 2.45) is 5.41 Å². The van der Waals surface area contributed by atoms with Crippen LogP contribution < -0.4 is 0 Å². The van der Waals surface area contributed by atoms with Crippen LogP contribution in [-0.2, 0) is 4.74 Å². The average molecular weight is 254 g/mol. The van der Waals surface area contributed by atoms with E-state index in [1.165, 1.54) is 25.9 Å². The van der Waals surface area contributed by atoms with Gasteiger partial charge in [0.05, 0.1) is 13.2 Å². The van der Waals surface area contributed by atoms with Gasteiger partial charge in [0.1, 0.15) is 0 Å². The number of piperazine rings is 1. The Bertz CT molecular complexity index is 267. The molecule has 0 spiro atoms. The lowest BCUT2D eigenvalue weighted by Crippen LogP contribution is -2.52. The van der Waals surface area contributed by atoms with E-state index in [9.17, 15) is 5.11 Å². The van der Waals surface area contributed by atoms with Crippen molar-refractivity contribution in [3.8, 4) is 0 Å². The van der Waals surface area contributed by atoms with E-state index in [2.05, 4.69) is 9.80 Å². The third-order valence-electron chi connectivity index (χ3n) is 4.77. The molecule has 1 atom stereocenters. The van der Waals surface area contributed by atoms with Gasteiger partial charge in [0.25, 0.3) is 0 Å². The van der Waals surface area contributed by atoms with Crippen LogP contribution in [0.4, 0.5) is 0 Å². The maximum absolute atomic E-state index is 9.71. The Hall–Kier alpha value is -0.160. The predicted octanol–water partition coefficient (Wildman–Crippen LogP) is 0.556. The highest BCUT2D eigenvalue weighted by atomic mass is 16.5. The topological polar surface area (TPSA) is 35.9 Å². The summed E-state index contributed by atoms with van der Waals surface area (Å²) in [5, 5.41) is 9.71. The van der Waals surface area contributed by atoms with Gasteiger partial charge >= 0.3 is 0 Å². The van der Waals surface area contributed by atoms with Crippen molar-refractivity contribution in [1.82, 2.24) is 9.80 Å². The van der Waals surface area contributed by atoms with Gasteiger partial charge in [-0.1, -0.05) is 0 Å². The molecule has 3 fully saturated rings. The molecule has 4 heteroatoms. The summed E-state index contributed by atoms with van der Waals surface area (Å²) in [6.07, 6.45) is 5.04. The summed E-state index contributed by atoms with van der Waals surface area (Å²) in [4.78, 5) is 5.17. The Kier molecular flexibility index (Phi) is 3.89. The Morgan fingerprint density at radius 3 is 2.50 bits per heavy atom. The van der Waals surface area contributed by atoms with Gasteiger partial charge in [-0.2, -0.15) is 0 Å². The normalized spacial score (nSPS) is 35.8. The molecule has 0 radical (unpaired) electrons. The molecule has 0 aromatic carbocycles. The highest BCUT2D eigenvalue weighted by molar-refractivity contribution is 4.90. The molecule has 2 heterocycles. The van der Waals surface area contributed by atoms with Gasteiger partial charge < -0.3 is 14.7 Å². The molecule has 1 unspecified atom stereocenters. The lowest BCUT2D eigenvalue weighted by atomic mass is 9.82. The first-order valence-electron chi connectivity index (χ1n) is 7.46. The Balaban J connectivity index is 1.49. The summed E-state index contributed by atoms with van der Waals surface area (Å²) in [6.45, 7) is 7.66. The van der Waals surface area contributed by atoms with E-state index in [0.29, 0.717) is 0 Å². The fourth-order valence-corrected chi connectivity index (χ4v) is 3.41. The minimum Gasteiger partial charge on any atom is -0.396 e. The van der Waals surface area contributed by atoms with Gasteiger partial charge in [0, 0.05) is 50.8 Å². The highest BCUT2D eigenvalue weighted by Crippen LogP contribution is 2.31. The van der Waals surface area contributed by atoms with Crippen molar-refractivity contribution in [3.05, 3.63) is 0 Å². The molecule has 3 rings (SSSR count). The van der Waals surface area contributed by atoms with Crippen molar-refractivity contribution in [2.45, 2.75) is 31.7 Å². The summed E-state index contributed by atoms with van der Waals surface area (Å²) in [6, 6.07) is 0.900. The van der Waals surface area contributed by atoms with Gasteiger partial charge in [-0.05, 0) is 25.7 Å². The zero-order chi connectivity index (χ0) is 12.4. The second-order valence-electron chi connectivity index (χ2n) is 6.36. The van der Waals surface area contributed by atoms with Crippen LogP contribution in [0.5, 0.6) is 0 Å². The first-order chi connectivity index (χ1) is 8.81. The summed E-state index contributed by atoms with van der Waals surface area (Å²) in [7, 11) is 0. The fourth-order valence-electron chi connectivity index (χ4n) is 3.41. The van der Waals surface area contributed by atoms with E-state index >= 15 is 0 Å². The third-order valence-corrected chi connectivity index (χ3v) is 4.77. The molecule has 2 saturated heterocycles. The van der Waals surface area contributed by atoms with Gasteiger partial charge in [-0.15, -0.1) is 0 Å². The van der Waals surface area contributed by atoms with Crippen molar-refractivity contribution in [2.75, 3.05) is 52.5 Å². The lowest BCUT2D eigenvalue weighted by Gasteiger charge is -2.42. The minimum atomic E-state index is 0.0139. The molecule has 0 aromatic rings. The molecule has 0 aromatic heterocycles. The van der Waals surface area contributed by atoms with E-state index < -0.39 is 0 Å². The number of ether oxygens (including phenoxy) is 1. The Labute approximate surface area is 110 Å². The van der Waals surface area contributed by atoms with Crippen molar-refractivity contribution in [1.29, 1.82) is 0 Å². The highest BCUT2D eigenvalue weighted by Gasteiger charge is 2.36. The van der Waals surface area contributed by atoms with Crippen LogP contribution in [0.25, 0.3) is 0 Å². The van der Waals surface area contributed by atoms with Crippen LogP contribution in [-0.4, -0.2) is 73.5 Å². The zero-order valence-electron chi connectivity index (χ0n) is 11.3. The zero-order valence-corrected chi connectivity index (χ0v) is 11.3. The smallest absolute Gasteiger partial charge is 0.0556 e. The molecule has 0 bridgehead atoms. The standard InChI is InChI=1S/C14H26N2O2/c17-11-14(4-1-9-18-12-14)10-15-5-7-16(8-6-15)13-2-3-13/h13,17H,1-12H2. The van der Waals surface area contributed by atoms with Gasteiger partial charge in [0.15, 0.2) is 0 Å². The van der Waals surface area contributed by atoms with E-state index in [0.717, 1.165) is 51.7 Å².